The van der Waals surface area contributed by atoms with E-state index < -0.39 is 26.9 Å². The second-order valence-electron chi connectivity index (χ2n) is 9.94. The van der Waals surface area contributed by atoms with E-state index in [4.69, 9.17) is 4.74 Å². The molecule has 0 aliphatic carbocycles. The zero-order valence-corrected chi connectivity index (χ0v) is 23.3. The first-order valence-corrected chi connectivity index (χ1v) is 14.7. The van der Waals surface area contributed by atoms with Gasteiger partial charge in [0, 0.05) is 39.3 Å². The summed E-state index contributed by atoms with van der Waals surface area (Å²) in [6.07, 6.45) is 1.27. The third-order valence-electron chi connectivity index (χ3n) is 7.44. The number of ether oxygens (including phenoxy) is 1. The first-order valence-electron chi connectivity index (χ1n) is 12.7. The fourth-order valence-corrected chi connectivity index (χ4v) is 5.94. The summed E-state index contributed by atoms with van der Waals surface area (Å²) < 4.78 is 73.4. The quantitative estimate of drug-likeness (QED) is 0.303. The van der Waals surface area contributed by atoms with Crippen LogP contribution in [-0.2, 0) is 11.8 Å². The number of hydrogen-bond acceptors (Lipinski definition) is 7. The molecule has 3 aromatic rings. The maximum atomic E-state index is 13.3. The molecule has 0 spiro atoms. The summed E-state index contributed by atoms with van der Waals surface area (Å²) in [4.78, 5) is 23.7. The highest BCUT2D eigenvalue weighted by molar-refractivity contribution is 8.45. The van der Waals surface area contributed by atoms with E-state index >= 15 is 0 Å². The number of nitriles is 1. The number of benzene rings is 1. The normalized spacial score (nSPS) is 21.1. The number of halogens is 5. The molecule has 4 rings (SSSR count). The summed E-state index contributed by atoms with van der Waals surface area (Å²) in [5.74, 6) is 0.365. The van der Waals surface area contributed by atoms with E-state index in [1.54, 1.807) is 13.1 Å². The number of methoxy groups -OCH3 is 1. The van der Waals surface area contributed by atoms with Crippen molar-refractivity contribution in [2.75, 3.05) is 31.7 Å². The summed E-state index contributed by atoms with van der Waals surface area (Å²) in [5.41, 5.74) is 1.08. The molecule has 14 heteroatoms. The molecular formula is C26H31F5N6O2S. The molecule has 40 heavy (non-hydrogen) atoms. The Balaban J connectivity index is 1.75. The lowest BCUT2D eigenvalue weighted by atomic mass is 9.96. The molecule has 0 bridgehead atoms. The van der Waals surface area contributed by atoms with Crippen molar-refractivity contribution in [3.05, 3.63) is 58.1 Å². The van der Waals surface area contributed by atoms with E-state index in [9.17, 15) is 29.5 Å². The van der Waals surface area contributed by atoms with E-state index in [1.807, 2.05) is 24.8 Å². The zero-order valence-electron chi connectivity index (χ0n) is 22.5. The number of aromatic nitrogens is 3. The fraction of sp³-hybridized carbons (Fsp3) is 0.462. The minimum atomic E-state index is -9.80. The van der Waals surface area contributed by atoms with Gasteiger partial charge in [-0.2, -0.15) is 10.2 Å². The Morgan fingerprint density at radius 2 is 1.68 bits per heavy atom. The summed E-state index contributed by atoms with van der Waals surface area (Å²) in [7, 11) is -6.75. The molecule has 0 amide bonds. The summed E-state index contributed by atoms with van der Waals surface area (Å²) in [6.45, 7) is 4.90. The number of fused-ring (bicyclic) bond motifs is 1. The van der Waals surface area contributed by atoms with Gasteiger partial charge in [-0.05, 0) is 42.7 Å². The van der Waals surface area contributed by atoms with E-state index in [2.05, 4.69) is 14.9 Å². The van der Waals surface area contributed by atoms with Crippen molar-refractivity contribution in [1.82, 2.24) is 19.4 Å². The summed E-state index contributed by atoms with van der Waals surface area (Å²) >= 11 is 0. The number of pyridine rings is 1. The topological polar surface area (TPSA) is 87.3 Å². The Hall–Kier alpha value is -3.28. The predicted octanol–water partition coefficient (Wildman–Crippen LogP) is 5.92. The van der Waals surface area contributed by atoms with Crippen LogP contribution in [0.3, 0.4) is 0 Å². The van der Waals surface area contributed by atoms with Gasteiger partial charge in [-0.3, -0.25) is 9.47 Å². The second-order valence-corrected chi connectivity index (χ2v) is 12.3. The summed E-state index contributed by atoms with van der Waals surface area (Å²) in [6, 6.07) is 7.41. The Morgan fingerprint density at radius 1 is 1.02 bits per heavy atom. The molecule has 1 fully saturated rings. The summed E-state index contributed by atoms with van der Waals surface area (Å²) in [5, 5.41) is 9.41. The van der Waals surface area contributed by atoms with Crippen molar-refractivity contribution in [3.63, 3.8) is 0 Å². The number of nitrogens with zero attached hydrogens (tertiary/aromatic N) is 6. The molecule has 0 radical (unpaired) electrons. The van der Waals surface area contributed by atoms with Crippen molar-refractivity contribution in [2.45, 2.75) is 49.7 Å². The van der Waals surface area contributed by atoms with Gasteiger partial charge in [0.05, 0.1) is 18.2 Å². The second kappa shape index (κ2) is 9.97. The lowest BCUT2D eigenvalue weighted by molar-refractivity contribution is 0.0389. The Kier molecular flexibility index (Phi) is 7.40. The van der Waals surface area contributed by atoms with Gasteiger partial charge in [-0.15, -0.1) is 0 Å². The van der Waals surface area contributed by atoms with Crippen LogP contribution in [0.1, 0.15) is 44.0 Å². The molecule has 3 atom stereocenters. The molecule has 8 nitrogen and oxygen atoms in total. The highest BCUT2D eigenvalue weighted by Gasteiger charge is 2.65. The minimum Gasteiger partial charge on any atom is -0.383 e. The van der Waals surface area contributed by atoms with Gasteiger partial charge in [0.2, 0.25) is 0 Å². The molecule has 0 saturated carbocycles. The van der Waals surface area contributed by atoms with E-state index in [1.165, 1.54) is 17.7 Å². The monoisotopic (exact) mass is 586 g/mol. The largest absolute Gasteiger partial charge is 0.383 e. The standard InChI is InChI=1S/C26H31F5N6O2S/c1-5-19-15-37(25-24-22(35(3)26(38)34-25)12-9-18(13-32)33-24)20(6-2)14-36(19)23(16-39-4)17-7-10-21(11-8-17)40(27,28,29,30)31/h7-12,19-20,23H,5-6,14-16H2,1-4H3/t19-,20+,23?/m1/s1. The maximum absolute atomic E-state index is 13.3. The smallest absolute Gasteiger partial charge is 0.349 e. The number of rotatable bonds is 8. The number of hydrogen-bond donors (Lipinski definition) is 0. The molecule has 218 valence electrons. The van der Waals surface area contributed by atoms with Crippen LogP contribution in [0.2, 0.25) is 0 Å². The Labute approximate surface area is 228 Å². The van der Waals surface area contributed by atoms with Crippen molar-refractivity contribution in [2.24, 2.45) is 7.05 Å². The van der Waals surface area contributed by atoms with Gasteiger partial charge in [-0.1, -0.05) is 45.4 Å². The lowest BCUT2D eigenvalue weighted by Crippen LogP contribution is -2.60. The van der Waals surface area contributed by atoms with Crippen LogP contribution < -0.4 is 10.6 Å². The molecular weight excluding hydrogens is 555 g/mol. The SMILES string of the molecule is CC[C@H]1CN(C(COC)c2ccc(S(F)(F)(F)(F)F)cc2)[C@H](CC)CN1c1nc(=O)n(C)c2ccc(C#N)nc12. The average Bonchev–Trinajstić information content (AvgIpc) is 2.91. The Bertz CT molecular complexity index is 1510. The molecule has 1 unspecified atom stereocenters. The van der Waals surface area contributed by atoms with Crippen LogP contribution in [0, 0.1) is 11.3 Å². The minimum absolute atomic E-state index is 0.128. The van der Waals surface area contributed by atoms with Crippen LogP contribution in [0.5, 0.6) is 0 Å². The fourth-order valence-electron chi connectivity index (χ4n) is 5.29. The van der Waals surface area contributed by atoms with Crippen molar-refractivity contribution >= 4 is 27.1 Å². The zero-order chi connectivity index (χ0) is 29.5. The number of anilines is 1. The van der Waals surface area contributed by atoms with E-state index in [-0.39, 0.29) is 24.4 Å². The van der Waals surface area contributed by atoms with Crippen LogP contribution in [0.15, 0.2) is 46.1 Å². The third kappa shape index (κ3) is 5.77. The van der Waals surface area contributed by atoms with Gasteiger partial charge in [0.15, 0.2) is 5.82 Å². The predicted molar refractivity (Wildman–Crippen MR) is 144 cm³/mol. The van der Waals surface area contributed by atoms with Crippen LogP contribution in [0.25, 0.3) is 11.0 Å². The Morgan fingerprint density at radius 3 is 2.23 bits per heavy atom. The van der Waals surface area contributed by atoms with Gasteiger partial charge in [0.25, 0.3) is 0 Å². The van der Waals surface area contributed by atoms with Crippen molar-refractivity contribution in [3.8, 4) is 6.07 Å². The van der Waals surface area contributed by atoms with Crippen LogP contribution in [-0.4, -0.2) is 58.3 Å². The molecule has 3 heterocycles. The van der Waals surface area contributed by atoms with Crippen LogP contribution in [0.4, 0.5) is 25.2 Å². The van der Waals surface area contributed by atoms with E-state index in [0.717, 1.165) is 12.1 Å². The molecule has 2 aromatic heterocycles. The highest BCUT2D eigenvalue weighted by atomic mass is 32.5. The van der Waals surface area contributed by atoms with Gasteiger partial charge < -0.3 is 9.64 Å². The number of piperazine rings is 1. The van der Waals surface area contributed by atoms with Crippen molar-refractivity contribution < 1.29 is 24.2 Å². The molecule has 1 aliphatic heterocycles. The van der Waals surface area contributed by atoms with Crippen molar-refractivity contribution in [1.29, 1.82) is 5.26 Å². The van der Waals surface area contributed by atoms with Gasteiger partial charge in [-0.25, -0.2) is 9.78 Å². The van der Waals surface area contributed by atoms with Crippen LogP contribution >= 0.6 is 10.2 Å². The molecule has 1 aliphatic rings. The first-order chi connectivity index (χ1) is 18.6. The average molecular weight is 587 g/mol. The molecule has 1 aromatic carbocycles. The van der Waals surface area contributed by atoms with Gasteiger partial charge in [0.1, 0.15) is 22.2 Å². The first kappa shape index (κ1) is 29.7. The molecule has 0 N–H and O–H groups in total. The van der Waals surface area contributed by atoms with E-state index in [0.29, 0.717) is 60.5 Å². The van der Waals surface area contributed by atoms with Gasteiger partial charge >= 0.3 is 15.9 Å². The third-order valence-corrected chi connectivity index (χ3v) is 8.60. The number of aryl methyl sites for hydroxylation is 1. The highest BCUT2D eigenvalue weighted by Crippen LogP contribution is 3.02. The lowest BCUT2D eigenvalue weighted by Gasteiger charge is -2.49. The maximum Gasteiger partial charge on any atom is 0.349 e. The molecule has 1 saturated heterocycles.